The first kappa shape index (κ1) is 11.5. The number of carboxylic acids is 1. The molecule has 0 amide bonds. The van der Waals surface area contributed by atoms with E-state index in [1.54, 1.807) is 29.2 Å². The number of furan rings is 1. The first-order valence-electron chi connectivity index (χ1n) is 5.90. The second kappa shape index (κ2) is 4.27. The standard InChI is InChI=1S/C12H12N4O3/c1-2-10-14-12-13-7(11(17)18)6-8(16(12)15-10)9-4-3-5-19-9/h3-6,8H,2H2,1H3,(H,17,18)(H,13,14,15)/t8-/m1/s1. The summed E-state index contributed by atoms with van der Waals surface area (Å²) in [5.74, 6) is 0.648. The van der Waals surface area contributed by atoms with E-state index in [2.05, 4.69) is 15.4 Å². The molecule has 7 nitrogen and oxygen atoms in total. The highest BCUT2D eigenvalue weighted by molar-refractivity contribution is 5.90. The molecular weight excluding hydrogens is 248 g/mol. The van der Waals surface area contributed by atoms with Gasteiger partial charge in [-0.25, -0.2) is 9.48 Å². The van der Waals surface area contributed by atoms with E-state index < -0.39 is 12.0 Å². The summed E-state index contributed by atoms with van der Waals surface area (Å²) in [7, 11) is 0. The maximum atomic E-state index is 11.1. The van der Waals surface area contributed by atoms with Crippen LogP contribution in [-0.4, -0.2) is 25.8 Å². The van der Waals surface area contributed by atoms with Crippen LogP contribution in [0.2, 0.25) is 0 Å². The Morgan fingerprint density at radius 2 is 2.47 bits per heavy atom. The number of carbonyl (C=O) groups is 1. The third-order valence-corrected chi connectivity index (χ3v) is 2.89. The summed E-state index contributed by atoms with van der Waals surface area (Å²) in [6, 6.07) is 3.14. The number of hydrogen-bond donors (Lipinski definition) is 2. The Kier molecular flexibility index (Phi) is 2.59. The van der Waals surface area contributed by atoms with E-state index in [-0.39, 0.29) is 5.70 Å². The number of aromatic nitrogens is 3. The Morgan fingerprint density at radius 3 is 3.11 bits per heavy atom. The van der Waals surface area contributed by atoms with Crippen LogP contribution in [0.15, 0.2) is 34.6 Å². The zero-order valence-corrected chi connectivity index (χ0v) is 10.2. The highest BCUT2D eigenvalue weighted by Crippen LogP contribution is 2.29. The van der Waals surface area contributed by atoms with Crippen LogP contribution in [0, 0.1) is 0 Å². The Labute approximate surface area is 108 Å². The van der Waals surface area contributed by atoms with E-state index in [1.807, 2.05) is 6.92 Å². The Hall–Kier alpha value is -2.57. The first-order chi connectivity index (χ1) is 9.19. The van der Waals surface area contributed by atoms with Crippen molar-refractivity contribution in [3.63, 3.8) is 0 Å². The molecule has 7 heteroatoms. The second-order valence-electron chi connectivity index (χ2n) is 4.12. The van der Waals surface area contributed by atoms with Crippen LogP contribution >= 0.6 is 0 Å². The summed E-state index contributed by atoms with van der Waals surface area (Å²) < 4.78 is 6.98. The van der Waals surface area contributed by atoms with Crippen LogP contribution < -0.4 is 5.32 Å². The molecule has 0 spiro atoms. The number of fused-ring (bicyclic) bond motifs is 1. The van der Waals surface area contributed by atoms with Gasteiger partial charge in [-0.1, -0.05) is 6.92 Å². The molecule has 19 heavy (non-hydrogen) atoms. The first-order valence-corrected chi connectivity index (χ1v) is 5.90. The molecule has 0 fully saturated rings. The molecule has 0 aromatic carbocycles. The number of carboxylic acid groups (broad SMARTS) is 1. The Balaban J connectivity index is 2.10. The molecule has 0 radical (unpaired) electrons. The predicted octanol–water partition coefficient (Wildman–Crippen LogP) is 1.42. The summed E-state index contributed by atoms with van der Waals surface area (Å²) >= 11 is 0. The number of allylic oxidation sites excluding steroid dienone is 1. The molecule has 3 heterocycles. The van der Waals surface area contributed by atoms with Crippen molar-refractivity contribution in [1.29, 1.82) is 0 Å². The third-order valence-electron chi connectivity index (χ3n) is 2.89. The number of hydrogen-bond acceptors (Lipinski definition) is 5. The van der Waals surface area contributed by atoms with Crippen molar-refractivity contribution in [2.75, 3.05) is 5.32 Å². The summed E-state index contributed by atoms with van der Waals surface area (Å²) in [5, 5.41) is 16.2. The molecule has 1 aliphatic heterocycles. The summed E-state index contributed by atoms with van der Waals surface area (Å²) in [4.78, 5) is 15.4. The van der Waals surface area contributed by atoms with Crippen LogP contribution in [0.4, 0.5) is 5.95 Å². The molecule has 2 N–H and O–H groups in total. The van der Waals surface area contributed by atoms with Crippen molar-refractivity contribution in [2.45, 2.75) is 19.4 Å². The van der Waals surface area contributed by atoms with Crippen molar-refractivity contribution in [3.05, 3.63) is 41.8 Å². The smallest absolute Gasteiger partial charge is 0.352 e. The minimum atomic E-state index is -1.04. The Morgan fingerprint density at radius 1 is 1.63 bits per heavy atom. The maximum Gasteiger partial charge on any atom is 0.352 e. The van der Waals surface area contributed by atoms with Crippen molar-refractivity contribution in [2.24, 2.45) is 0 Å². The number of nitrogens with zero attached hydrogens (tertiary/aromatic N) is 3. The number of aliphatic carboxylic acids is 1. The molecule has 0 saturated heterocycles. The predicted molar refractivity (Wildman–Crippen MR) is 65.6 cm³/mol. The van der Waals surface area contributed by atoms with Crippen molar-refractivity contribution < 1.29 is 14.3 Å². The molecule has 2 aromatic heterocycles. The number of rotatable bonds is 3. The minimum absolute atomic E-state index is 0.0731. The van der Waals surface area contributed by atoms with Gasteiger partial charge in [-0.3, -0.25) is 0 Å². The quantitative estimate of drug-likeness (QED) is 0.866. The van der Waals surface area contributed by atoms with Crippen LogP contribution in [0.1, 0.15) is 24.6 Å². The molecule has 0 bridgehead atoms. The van der Waals surface area contributed by atoms with Gasteiger partial charge in [0, 0.05) is 6.42 Å². The number of anilines is 1. The topological polar surface area (TPSA) is 93.2 Å². The minimum Gasteiger partial charge on any atom is -0.477 e. The zero-order chi connectivity index (χ0) is 13.4. The van der Waals surface area contributed by atoms with E-state index in [4.69, 9.17) is 9.52 Å². The molecule has 1 aliphatic rings. The SMILES string of the molecule is CCc1nc2n(n1)[C@@H](c1ccco1)C=C(C(=O)O)N2. The van der Waals surface area contributed by atoms with Gasteiger partial charge in [0.1, 0.15) is 17.5 Å². The van der Waals surface area contributed by atoms with E-state index in [1.165, 1.54) is 0 Å². The van der Waals surface area contributed by atoms with Crippen LogP contribution in [0.3, 0.4) is 0 Å². The van der Waals surface area contributed by atoms with Gasteiger partial charge < -0.3 is 14.8 Å². The number of nitrogens with one attached hydrogen (secondary N) is 1. The van der Waals surface area contributed by atoms with E-state index >= 15 is 0 Å². The van der Waals surface area contributed by atoms with Crippen molar-refractivity contribution >= 4 is 11.9 Å². The van der Waals surface area contributed by atoms with Gasteiger partial charge in [0.2, 0.25) is 5.95 Å². The molecule has 0 unspecified atom stereocenters. The zero-order valence-electron chi connectivity index (χ0n) is 10.2. The van der Waals surface area contributed by atoms with E-state index in [0.29, 0.717) is 24.0 Å². The summed E-state index contributed by atoms with van der Waals surface area (Å²) in [5.41, 5.74) is 0.0731. The lowest BCUT2D eigenvalue weighted by atomic mass is 10.1. The molecule has 3 rings (SSSR count). The van der Waals surface area contributed by atoms with Crippen molar-refractivity contribution in [1.82, 2.24) is 14.8 Å². The highest BCUT2D eigenvalue weighted by Gasteiger charge is 2.28. The maximum absolute atomic E-state index is 11.1. The normalized spacial score (nSPS) is 17.5. The average Bonchev–Trinajstić information content (AvgIpc) is 3.05. The van der Waals surface area contributed by atoms with Crippen LogP contribution in [-0.2, 0) is 11.2 Å². The molecule has 2 aromatic rings. The van der Waals surface area contributed by atoms with Gasteiger partial charge in [-0.15, -0.1) is 0 Å². The monoisotopic (exact) mass is 260 g/mol. The molecular formula is C12H12N4O3. The lowest BCUT2D eigenvalue weighted by Crippen LogP contribution is -2.24. The lowest BCUT2D eigenvalue weighted by Gasteiger charge is -2.20. The molecule has 98 valence electrons. The fourth-order valence-electron chi connectivity index (χ4n) is 1.97. The lowest BCUT2D eigenvalue weighted by molar-refractivity contribution is -0.132. The fourth-order valence-corrected chi connectivity index (χ4v) is 1.97. The largest absolute Gasteiger partial charge is 0.477 e. The summed E-state index contributed by atoms with van der Waals surface area (Å²) in [6.07, 6.45) is 3.78. The highest BCUT2D eigenvalue weighted by atomic mass is 16.4. The number of aryl methyl sites for hydroxylation is 1. The molecule has 0 saturated carbocycles. The summed E-state index contributed by atoms with van der Waals surface area (Å²) in [6.45, 7) is 1.94. The van der Waals surface area contributed by atoms with Gasteiger partial charge >= 0.3 is 5.97 Å². The van der Waals surface area contributed by atoms with Gasteiger partial charge in [0.15, 0.2) is 5.82 Å². The van der Waals surface area contributed by atoms with Gasteiger partial charge in [0.05, 0.1) is 6.26 Å². The van der Waals surface area contributed by atoms with Crippen molar-refractivity contribution in [3.8, 4) is 0 Å². The fraction of sp³-hybridized carbons (Fsp3) is 0.250. The van der Waals surface area contributed by atoms with Gasteiger partial charge in [-0.05, 0) is 18.2 Å². The Bertz CT molecular complexity index is 642. The van der Waals surface area contributed by atoms with Crippen LogP contribution in [0.25, 0.3) is 0 Å². The van der Waals surface area contributed by atoms with E-state index in [9.17, 15) is 4.79 Å². The third kappa shape index (κ3) is 1.88. The van der Waals surface area contributed by atoms with Crippen LogP contribution in [0.5, 0.6) is 0 Å². The molecule has 1 atom stereocenters. The van der Waals surface area contributed by atoms with E-state index in [0.717, 1.165) is 0 Å². The van der Waals surface area contributed by atoms with Gasteiger partial charge in [-0.2, -0.15) is 10.1 Å². The average molecular weight is 260 g/mol. The second-order valence-corrected chi connectivity index (χ2v) is 4.12. The molecule has 0 aliphatic carbocycles. The van der Waals surface area contributed by atoms with Gasteiger partial charge in [0.25, 0.3) is 0 Å².